The van der Waals surface area contributed by atoms with E-state index in [0.717, 1.165) is 32.5 Å². The first-order chi connectivity index (χ1) is 7.96. The second kappa shape index (κ2) is 4.79. The predicted molar refractivity (Wildman–Crippen MR) is 71.1 cm³/mol. The minimum Gasteiger partial charge on any atom is -0.389 e. The third-order valence-electron chi connectivity index (χ3n) is 3.65. The largest absolute Gasteiger partial charge is 0.389 e. The van der Waals surface area contributed by atoms with E-state index in [1.54, 1.807) is 0 Å². The lowest BCUT2D eigenvalue weighted by molar-refractivity contribution is -0.0182. The molecule has 1 aromatic carbocycles. The number of rotatable bonds is 2. The highest BCUT2D eigenvalue weighted by molar-refractivity contribution is 5.30. The summed E-state index contributed by atoms with van der Waals surface area (Å²) in [6.45, 7) is 9.10. The Morgan fingerprint density at radius 1 is 1.35 bits per heavy atom. The molecule has 0 radical (unpaired) electrons. The van der Waals surface area contributed by atoms with Crippen LogP contribution in [0.1, 0.15) is 36.5 Å². The fourth-order valence-corrected chi connectivity index (χ4v) is 2.67. The van der Waals surface area contributed by atoms with E-state index in [2.05, 4.69) is 36.9 Å². The number of aliphatic hydroxyl groups is 1. The molecule has 0 aliphatic carbocycles. The third-order valence-corrected chi connectivity index (χ3v) is 3.65. The molecule has 1 fully saturated rings. The molecule has 2 rings (SSSR count). The number of benzene rings is 1. The first-order valence-electron chi connectivity index (χ1n) is 6.47. The summed E-state index contributed by atoms with van der Waals surface area (Å²) in [6, 6.07) is 6.61. The Morgan fingerprint density at radius 2 is 2.12 bits per heavy atom. The van der Waals surface area contributed by atoms with Gasteiger partial charge in [0.25, 0.3) is 0 Å². The maximum atomic E-state index is 10.1. The zero-order valence-electron chi connectivity index (χ0n) is 11.2. The summed E-state index contributed by atoms with van der Waals surface area (Å²) >= 11 is 0. The number of hydrogen-bond donors (Lipinski definition) is 1. The van der Waals surface area contributed by atoms with Crippen LogP contribution >= 0.6 is 0 Å². The van der Waals surface area contributed by atoms with Crippen molar-refractivity contribution in [2.45, 2.75) is 45.8 Å². The maximum absolute atomic E-state index is 10.1. The Bertz CT molecular complexity index is 398. The Hall–Kier alpha value is -0.860. The van der Waals surface area contributed by atoms with E-state index in [0.29, 0.717) is 0 Å². The van der Waals surface area contributed by atoms with Gasteiger partial charge in [0.1, 0.15) is 0 Å². The summed E-state index contributed by atoms with van der Waals surface area (Å²) in [6.07, 6.45) is 2.02. The molecule has 17 heavy (non-hydrogen) atoms. The van der Waals surface area contributed by atoms with Crippen molar-refractivity contribution < 1.29 is 5.11 Å². The van der Waals surface area contributed by atoms with Crippen LogP contribution in [-0.4, -0.2) is 28.7 Å². The molecule has 1 saturated heterocycles. The monoisotopic (exact) mass is 233 g/mol. The molecule has 2 nitrogen and oxygen atoms in total. The lowest BCUT2D eigenvalue weighted by Gasteiger charge is -2.37. The van der Waals surface area contributed by atoms with Crippen LogP contribution in [0.25, 0.3) is 0 Å². The van der Waals surface area contributed by atoms with Crippen LogP contribution in [0.3, 0.4) is 0 Å². The molecule has 0 saturated carbocycles. The second-order valence-electron chi connectivity index (χ2n) is 5.74. The third kappa shape index (κ3) is 3.30. The van der Waals surface area contributed by atoms with Gasteiger partial charge < -0.3 is 5.11 Å². The van der Waals surface area contributed by atoms with E-state index in [-0.39, 0.29) is 0 Å². The fourth-order valence-electron chi connectivity index (χ4n) is 2.67. The molecular weight excluding hydrogens is 210 g/mol. The van der Waals surface area contributed by atoms with Crippen molar-refractivity contribution in [1.82, 2.24) is 4.90 Å². The molecule has 1 aliphatic heterocycles. The summed E-state index contributed by atoms with van der Waals surface area (Å²) in [7, 11) is 0. The Balaban J connectivity index is 2.07. The van der Waals surface area contributed by atoms with Crippen molar-refractivity contribution in [2.75, 3.05) is 13.1 Å². The summed E-state index contributed by atoms with van der Waals surface area (Å²) in [5.74, 6) is 0. The summed E-state index contributed by atoms with van der Waals surface area (Å²) in [4.78, 5) is 2.37. The van der Waals surface area contributed by atoms with Crippen LogP contribution in [0.15, 0.2) is 18.2 Å². The first kappa shape index (κ1) is 12.6. The van der Waals surface area contributed by atoms with Crippen molar-refractivity contribution in [2.24, 2.45) is 0 Å². The van der Waals surface area contributed by atoms with Crippen molar-refractivity contribution in [1.29, 1.82) is 0 Å². The molecule has 1 atom stereocenters. The highest BCUT2D eigenvalue weighted by atomic mass is 16.3. The first-order valence-corrected chi connectivity index (χ1v) is 6.47. The minimum absolute atomic E-state index is 0.504. The normalized spacial score (nSPS) is 26.1. The smallest absolute Gasteiger partial charge is 0.0746 e. The molecule has 0 bridgehead atoms. The van der Waals surface area contributed by atoms with Gasteiger partial charge in [0.15, 0.2) is 0 Å². The zero-order chi connectivity index (χ0) is 12.5. The predicted octanol–water partition coefficient (Wildman–Crippen LogP) is 2.65. The Morgan fingerprint density at radius 3 is 2.82 bits per heavy atom. The summed E-state index contributed by atoms with van der Waals surface area (Å²) in [5.41, 5.74) is 3.55. The van der Waals surface area contributed by atoms with E-state index in [1.807, 2.05) is 6.92 Å². The average molecular weight is 233 g/mol. The maximum Gasteiger partial charge on any atom is 0.0746 e. The van der Waals surface area contributed by atoms with Gasteiger partial charge in [-0.1, -0.05) is 23.8 Å². The van der Waals surface area contributed by atoms with Crippen molar-refractivity contribution in [3.05, 3.63) is 34.9 Å². The highest BCUT2D eigenvalue weighted by Gasteiger charge is 2.28. The lowest BCUT2D eigenvalue weighted by atomic mass is 9.94. The van der Waals surface area contributed by atoms with Gasteiger partial charge in [-0.3, -0.25) is 4.90 Å². The van der Waals surface area contributed by atoms with Crippen LogP contribution < -0.4 is 0 Å². The lowest BCUT2D eigenvalue weighted by Crippen LogP contribution is -2.45. The molecular formula is C15H23NO. The molecule has 1 aromatic rings. The Labute approximate surface area is 104 Å². The standard InChI is InChI=1S/C15H23NO/c1-12-5-6-13(2)14(9-12)10-16-8-4-7-15(3,17)11-16/h5-6,9,17H,4,7-8,10-11H2,1-3H3. The van der Waals surface area contributed by atoms with Crippen LogP contribution in [0.2, 0.25) is 0 Å². The molecule has 1 unspecified atom stereocenters. The molecule has 0 aromatic heterocycles. The Kier molecular flexibility index (Phi) is 3.55. The number of hydrogen-bond acceptors (Lipinski definition) is 2. The van der Waals surface area contributed by atoms with Crippen LogP contribution in [0.5, 0.6) is 0 Å². The molecule has 0 amide bonds. The minimum atomic E-state index is -0.504. The van der Waals surface area contributed by atoms with E-state index in [9.17, 15) is 5.11 Å². The average Bonchev–Trinajstić information content (AvgIpc) is 2.22. The van der Waals surface area contributed by atoms with Gasteiger partial charge in [0.05, 0.1) is 5.60 Å². The number of aryl methyl sites for hydroxylation is 2. The van der Waals surface area contributed by atoms with Gasteiger partial charge in [-0.15, -0.1) is 0 Å². The van der Waals surface area contributed by atoms with Crippen LogP contribution in [0, 0.1) is 13.8 Å². The van der Waals surface area contributed by atoms with E-state index in [1.165, 1.54) is 16.7 Å². The number of likely N-dealkylation sites (tertiary alicyclic amines) is 1. The SMILES string of the molecule is Cc1ccc(C)c(CN2CCCC(C)(O)C2)c1. The number of piperidine rings is 1. The quantitative estimate of drug-likeness (QED) is 0.849. The number of nitrogens with zero attached hydrogens (tertiary/aromatic N) is 1. The van der Waals surface area contributed by atoms with Crippen molar-refractivity contribution >= 4 is 0 Å². The van der Waals surface area contributed by atoms with Gasteiger partial charge in [-0.25, -0.2) is 0 Å². The van der Waals surface area contributed by atoms with Crippen molar-refractivity contribution in [3.63, 3.8) is 0 Å². The molecule has 1 aliphatic rings. The summed E-state index contributed by atoms with van der Waals surface area (Å²) < 4.78 is 0. The topological polar surface area (TPSA) is 23.5 Å². The fraction of sp³-hybridized carbons (Fsp3) is 0.600. The highest BCUT2D eigenvalue weighted by Crippen LogP contribution is 2.22. The molecule has 0 spiro atoms. The van der Waals surface area contributed by atoms with Crippen LogP contribution in [0.4, 0.5) is 0 Å². The van der Waals surface area contributed by atoms with E-state index >= 15 is 0 Å². The van der Waals surface area contributed by atoms with E-state index < -0.39 is 5.60 Å². The van der Waals surface area contributed by atoms with Gasteiger partial charge >= 0.3 is 0 Å². The van der Waals surface area contributed by atoms with Crippen molar-refractivity contribution in [3.8, 4) is 0 Å². The molecule has 94 valence electrons. The van der Waals surface area contributed by atoms with Crippen LogP contribution in [-0.2, 0) is 6.54 Å². The van der Waals surface area contributed by atoms with Gasteiger partial charge in [-0.2, -0.15) is 0 Å². The molecule has 2 heteroatoms. The molecule has 1 heterocycles. The molecule has 1 N–H and O–H groups in total. The van der Waals surface area contributed by atoms with Gasteiger partial charge in [-0.05, 0) is 51.3 Å². The second-order valence-corrected chi connectivity index (χ2v) is 5.74. The zero-order valence-corrected chi connectivity index (χ0v) is 11.2. The van der Waals surface area contributed by atoms with Gasteiger partial charge in [0.2, 0.25) is 0 Å². The summed E-state index contributed by atoms with van der Waals surface area (Å²) in [5, 5.41) is 10.1. The van der Waals surface area contributed by atoms with Gasteiger partial charge in [0, 0.05) is 13.1 Å². The van der Waals surface area contributed by atoms with E-state index in [4.69, 9.17) is 0 Å². The number of β-amino-alcohol motifs (C(OH)–C–C–N with tert-alkyl or cyclic N) is 1.